The number of anilines is 1. The van der Waals surface area contributed by atoms with Gasteiger partial charge in [-0.3, -0.25) is 4.98 Å². The van der Waals surface area contributed by atoms with E-state index in [4.69, 9.17) is 4.42 Å². The van der Waals surface area contributed by atoms with Crippen molar-refractivity contribution >= 4 is 22.6 Å². The number of hydrogen-bond acceptors (Lipinski definition) is 7. The van der Waals surface area contributed by atoms with E-state index in [1.54, 1.807) is 48.7 Å². The van der Waals surface area contributed by atoms with Crippen LogP contribution in [0.25, 0.3) is 33.7 Å². The molecule has 5 aromatic rings. The van der Waals surface area contributed by atoms with Crippen molar-refractivity contribution in [1.29, 1.82) is 0 Å². The molecule has 0 unspecified atom stereocenters. The smallest absolute Gasteiger partial charge is 0.319 e. The summed E-state index contributed by atoms with van der Waals surface area (Å²) in [6.07, 6.45) is 1.86. The molecular formula is C27H23FN6O3. The summed E-state index contributed by atoms with van der Waals surface area (Å²) >= 11 is 0. The highest BCUT2D eigenvalue weighted by Gasteiger charge is 2.21. The van der Waals surface area contributed by atoms with Crippen molar-refractivity contribution in [3.05, 3.63) is 84.1 Å². The Morgan fingerprint density at radius 3 is 2.65 bits per heavy atom. The first-order chi connectivity index (χ1) is 17.9. The van der Waals surface area contributed by atoms with E-state index in [-0.39, 0.29) is 41.1 Å². The zero-order chi connectivity index (χ0) is 25.9. The van der Waals surface area contributed by atoms with E-state index < -0.39 is 0 Å². The van der Waals surface area contributed by atoms with E-state index in [9.17, 15) is 14.3 Å². The zero-order valence-corrected chi connectivity index (χ0v) is 20.1. The molecular weight excluding hydrogens is 475 g/mol. The fraction of sp³-hybridized carbons (Fsp3) is 0.148. The topological polar surface area (TPSA) is 126 Å². The average Bonchev–Trinajstić information content (AvgIpc) is 3.33. The maximum Gasteiger partial charge on any atom is 0.319 e. The van der Waals surface area contributed by atoms with Gasteiger partial charge in [0.1, 0.15) is 11.3 Å². The summed E-state index contributed by atoms with van der Waals surface area (Å²) in [4.78, 5) is 21.2. The van der Waals surface area contributed by atoms with Gasteiger partial charge in [-0.25, -0.2) is 14.2 Å². The van der Waals surface area contributed by atoms with Crippen molar-refractivity contribution in [2.24, 2.45) is 0 Å². The molecule has 0 spiro atoms. The van der Waals surface area contributed by atoms with Crippen LogP contribution in [0, 0.1) is 5.82 Å². The molecule has 3 N–H and O–H groups in total. The summed E-state index contributed by atoms with van der Waals surface area (Å²) in [5, 5.41) is 25.4. The van der Waals surface area contributed by atoms with E-state index in [2.05, 4.69) is 30.8 Å². The van der Waals surface area contributed by atoms with Gasteiger partial charge < -0.3 is 20.2 Å². The summed E-state index contributed by atoms with van der Waals surface area (Å²) in [7, 11) is 0. The van der Waals surface area contributed by atoms with E-state index in [1.807, 2.05) is 19.9 Å². The SMILES string of the molecule is CC(C)NC(=O)Nc1cccc(-c2nc(-c3nnc(Cc4ccc(F)cc4)o3)c(O)c3ncccc23)c1. The lowest BCUT2D eigenvalue weighted by Crippen LogP contribution is -2.34. The Hall–Kier alpha value is -4.86. The third-order valence-electron chi connectivity index (χ3n) is 5.49. The van der Waals surface area contributed by atoms with Gasteiger partial charge in [-0.05, 0) is 55.8 Å². The molecule has 0 atom stereocenters. The number of aromatic nitrogens is 4. The molecule has 186 valence electrons. The summed E-state index contributed by atoms with van der Waals surface area (Å²) < 4.78 is 19.0. The minimum Gasteiger partial charge on any atom is -0.504 e. The minimum atomic E-state index is -0.333. The standard InChI is InChI=1S/C27H23FN6O3/c1-15(2)30-27(36)31-19-6-3-5-17(14-19)22-20-7-4-12-29-23(20)25(35)24(32-22)26-34-33-21(37-26)13-16-8-10-18(28)11-9-16/h3-12,14-15,35H,13H2,1-2H3,(H2,30,31,36). The van der Waals surface area contributed by atoms with Crippen LogP contribution in [0.3, 0.4) is 0 Å². The van der Waals surface area contributed by atoms with Crippen LogP contribution in [-0.4, -0.2) is 37.3 Å². The number of halogens is 1. The maximum atomic E-state index is 13.2. The van der Waals surface area contributed by atoms with E-state index in [1.165, 1.54) is 12.1 Å². The van der Waals surface area contributed by atoms with E-state index in [0.29, 0.717) is 34.3 Å². The molecule has 2 aromatic carbocycles. The van der Waals surface area contributed by atoms with Crippen LogP contribution in [0.4, 0.5) is 14.9 Å². The van der Waals surface area contributed by atoms with Gasteiger partial charge in [0.2, 0.25) is 5.89 Å². The van der Waals surface area contributed by atoms with Crippen LogP contribution in [0.2, 0.25) is 0 Å². The normalized spacial score (nSPS) is 11.1. The summed E-state index contributed by atoms with van der Waals surface area (Å²) in [5.74, 6) is -0.219. The lowest BCUT2D eigenvalue weighted by molar-refractivity contribution is 0.250. The first-order valence-electron chi connectivity index (χ1n) is 11.6. The van der Waals surface area contributed by atoms with Gasteiger partial charge >= 0.3 is 6.03 Å². The Bertz CT molecular complexity index is 1580. The van der Waals surface area contributed by atoms with Crippen molar-refractivity contribution in [3.63, 3.8) is 0 Å². The molecule has 0 saturated carbocycles. The first kappa shape index (κ1) is 23.9. The van der Waals surface area contributed by atoms with Crippen molar-refractivity contribution in [2.75, 3.05) is 5.32 Å². The highest BCUT2D eigenvalue weighted by molar-refractivity contribution is 5.99. The highest BCUT2D eigenvalue weighted by Crippen LogP contribution is 2.38. The summed E-state index contributed by atoms with van der Waals surface area (Å²) in [6, 6.07) is 16.4. The Labute approximate surface area is 211 Å². The number of rotatable bonds is 6. The summed E-state index contributed by atoms with van der Waals surface area (Å²) in [5.41, 5.74) is 2.96. The van der Waals surface area contributed by atoms with Gasteiger partial charge in [-0.1, -0.05) is 24.3 Å². The molecule has 0 aliphatic carbocycles. The van der Waals surface area contributed by atoms with Crippen LogP contribution in [-0.2, 0) is 6.42 Å². The second-order valence-electron chi connectivity index (χ2n) is 8.70. The van der Waals surface area contributed by atoms with Gasteiger partial charge in [0.25, 0.3) is 5.89 Å². The molecule has 10 heteroatoms. The second-order valence-corrected chi connectivity index (χ2v) is 8.70. The molecule has 9 nitrogen and oxygen atoms in total. The molecule has 0 aliphatic rings. The second kappa shape index (κ2) is 10.0. The number of urea groups is 1. The van der Waals surface area contributed by atoms with Gasteiger partial charge in [0.05, 0.1) is 12.1 Å². The van der Waals surface area contributed by atoms with Gasteiger partial charge in [-0.2, -0.15) is 0 Å². The Kier molecular flexibility index (Phi) is 6.46. The Morgan fingerprint density at radius 1 is 1.05 bits per heavy atom. The maximum absolute atomic E-state index is 13.2. The van der Waals surface area contributed by atoms with Crippen molar-refractivity contribution < 1.29 is 18.7 Å². The molecule has 0 radical (unpaired) electrons. The lowest BCUT2D eigenvalue weighted by atomic mass is 10.0. The molecule has 2 amide bonds. The number of aromatic hydroxyl groups is 1. The number of hydrogen-bond donors (Lipinski definition) is 3. The van der Waals surface area contributed by atoms with Gasteiger partial charge in [-0.15, -0.1) is 10.2 Å². The van der Waals surface area contributed by atoms with Crippen LogP contribution >= 0.6 is 0 Å². The highest BCUT2D eigenvalue weighted by atomic mass is 19.1. The van der Waals surface area contributed by atoms with Gasteiger partial charge in [0, 0.05) is 28.9 Å². The number of amides is 2. The predicted octanol–water partition coefficient (Wildman–Crippen LogP) is 5.31. The minimum absolute atomic E-state index is 0.0122. The van der Waals surface area contributed by atoms with E-state index >= 15 is 0 Å². The fourth-order valence-corrected chi connectivity index (χ4v) is 3.86. The van der Waals surface area contributed by atoms with Crippen LogP contribution in [0.5, 0.6) is 5.75 Å². The van der Waals surface area contributed by atoms with Crippen molar-refractivity contribution in [1.82, 2.24) is 25.5 Å². The fourth-order valence-electron chi connectivity index (χ4n) is 3.86. The average molecular weight is 499 g/mol. The van der Waals surface area contributed by atoms with Crippen LogP contribution in [0.15, 0.2) is 71.3 Å². The number of nitrogens with one attached hydrogen (secondary N) is 2. The molecule has 3 aromatic heterocycles. The third-order valence-corrected chi connectivity index (χ3v) is 5.49. The monoisotopic (exact) mass is 498 g/mol. The van der Waals surface area contributed by atoms with Crippen LogP contribution < -0.4 is 10.6 Å². The molecule has 3 heterocycles. The molecule has 0 bridgehead atoms. The predicted molar refractivity (Wildman–Crippen MR) is 136 cm³/mol. The van der Waals surface area contributed by atoms with Crippen molar-refractivity contribution in [2.45, 2.75) is 26.3 Å². The quantitative estimate of drug-likeness (QED) is 0.289. The molecule has 0 fully saturated rings. The molecule has 0 aliphatic heterocycles. The zero-order valence-electron chi connectivity index (χ0n) is 20.1. The molecule has 0 saturated heterocycles. The Morgan fingerprint density at radius 2 is 1.86 bits per heavy atom. The largest absolute Gasteiger partial charge is 0.504 e. The lowest BCUT2D eigenvalue weighted by Gasteiger charge is -2.13. The number of fused-ring (bicyclic) bond motifs is 1. The van der Waals surface area contributed by atoms with Crippen molar-refractivity contribution in [3.8, 4) is 28.6 Å². The van der Waals surface area contributed by atoms with E-state index in [0.717, 1.165) is 5.56 Å². The number of benzene rings is 2. The Balaban J connectivity index is 1.54. The molecule has 5 rings (SSSR count). The third kappa shape index (κ3) is 5.22. The van der Waals surface area contributed by atoms with Crippen LogP contribution in [0.1, 0.15) is 25.3 Å². The first-order valence-corrected chi connectivity index (χ1v) is 11.6. The molecule has 37 heavy (non-hydrogen) atoms. The number of nitrogens with zero attached hydrogens (tertiary/aromatic N) is 4. The number of pyridine rings is 2. The number of carbonyl (C=O) groups excluding carboxylic acids is 1. The summed E-state index contributed by atoms with van der Waals surface area (Å²) in [6.45, 7) is 3.75. The number of carbonyl (C=O) groups is 1. The van der Waals surface area contributed by atoms with Gasteiger partial charge in [0.15, 0.2) is 11.4 Å².